The standard InChI is InChI=1S/C26H30N2O6S/c1-30-16-9-10-19(31-2)18(12-16)28-25(29)24-17-7-6-8-23(17)35-26(24)27-14-15-11-21(33-4)22(34-5)13-20(15)32-3/h9-13,27H,6-8,14H2,1-5H3,(H,28,29). The second-order valence-electron chi connectivity index (χ2n) is 7.95. The number of carbonyl (C=O) groups excluding carboxylic acids is 1. The van der Waals surface area contributed by atoms with Gasteiger partial charge in [-0.05, 0) is 43.0 Å². The first-order valence-electron chi connectivity index (χ1n) is 11.2. The van der Waals surface area contributed by atoms with Crippen LogP contribution in [0.25, 0.3) is 0 Å². The van der Waals surface area contributed by atoms with Crippen LogP contribution in [0.4, 0.5) is 10.7 Å². The Morgan fingerprint density at radius 3 is 2.26 bits per heavy atom. The van der Waals surface area contributed by atoms with E-state index >= 15 is 0 Å². The van der Waals surface area contributed by atoms with E-state index in [9.17, 15) is 4.79 Å². The third kappa shape index (κ3) is 4.95. The van der Waals surface area contributed by atoms with Gasteiger partial charge in [-0.1, -0.05) is 0 Å². The molecule has 35 heavy (non-hydrogen) atoms. The molecule has 0 aliphatic heterocycles. The number of methoxy groups -OCH3 is 5. The van der Waals surface area contributed by atoms with Crippen LogP contribution in [-0.2, 0) is 19.4 Å². The molecule has 1 amide bonds. The number of carbonyl (C=O) groups is 1. The highest BCUT2D eigenvalue weighted by Gasteiger charge is 2.27. The van der Waals surface area contributed by atoms with Crippen LogP contribution in [0.3, 0.4) is 0 Å². The molecule has 0 bridgehead atoms. The lowest BCUT2D eigenvalue weighted by molar-refractivity contribution is 0.102. The van der Waals surface area contributed by atoms with Gasteiger partial charge < -0.3 is 34.3 Å². The molecule has 186 valence electrons. The Bertz CT molecular complexity index is 1220. The molecule has 0 saturated carbocycles. The van der Waals surface area contributed by atoms with Crippen LogP contribution < -0.4 is 34.3 Å². The fourth-order valence-electron chi connectivity index (χ4n) is 4.27. The number of aryl methyl sites for hydroxylation is 1. The summed E-state index contributed by atoms with van der Waals surface area (Å²) in [7, 11) is 7.96. The molecular weight excluding hydrogens is 468 g/mol. The Labute approximate surface area is 209 Å². The van der Waals surface area contributed by atoms with Crippen molar-refractivity contribution in [1.82, 2.24) is 0 Å². The lowest BCUT2D eigenvalue weighted by Crippen LogP contribution is -2.16. The highest BCUT2D eigenvalue weighted by atomic mass is 32.1. The smallest absolute Gasteiger partial charge is 0.259 e. The van der Waals surface area contributed by atoms with Gasteiger partial charge in [-0.25, -0.2) is 0 Å². The first-order valence-corrected chi connectivity index (χ1v) is 12.0. The monoisotopic (exact) mass is 498 g/mol. The van der Waals surface area contributed by atoms with Crippen LogP contribution >= 0.6 is 11.3 Å². The van der Waals surface area contributed by atoms with Crippen LogP contribution in [0.15, 0.2) is 30.3 Å². The topological polar surface area (TPSA) is 87.3 Å². The fourth-order valence-corrected chi connectivity index (χ4v) is 5.55. The molecule has 0 radical (unpaired) electrons. The Hall–Kier alpha value is -3.59. The zero-order valence-corrected chi connectivity index (χ0v) is 21.4. The van der Waals surface area contributed by atoms with Crippen LogP contribution in [0.5, 0.6) is 28.7 Å². The molecule has 1 aliphatic carbocycles. The summed E-state index contributed by atoms with van der Waals surface area (Å²) in [6, 6.07) is 9.00. The van der Waals surface area contributed by atoms with Crippen LogP contribution in [0.2, 0.25) is 0 Å². The molecule has 0 unspecified atom stereocenters. The van der Waals surface area contributed by atoms with E-state index in [-0.39, 0.29) is 5.91 Å². The lowest BCUT2D eigenvalue weighted by atomic mass is 10.1. The van der Waals surface area contributed by atoms with Gasteiger partial charge in [0.05, 0.1) is 46.8 Å². The summed E-state index contributed by atoms with van der Waals surface area (Å²) >= 11 is 1.63. The molecular formula is C26H30N2O6S. The molecule has 3 aromatic rings. The van der Waals surface area contributed by atoms with Crippen LogP contribution in [0, 0.1) is 0 Å². The van der Waals surface area contributed by atoms with Gasteiger partial charge in [0.1, 0.15) is 22.2 Å². The third-order valence-corrected chi connectivity index (χ3v) is 7.28. The number of nitrogens with one attached hydrogen (secondary N) is 2. The maximum absolute atomic E-state index is 13.5. The summed E-state index contributed by atoms with van der Waals surface area (Å²) in [4.78, 5) is 14.8. The van der Waals surface area contributed by atoms with Crippen LogP contribution in [-0.4, -0.2) is 41.5 Å². The number of hydrogen-bond acceptors (Lipinski definition) is 8. The lowest BCUT2D eigenvalue weighted by Gasteiger charge is -2.16. The minimum Gasteiger partial charge on any atom is -0.497 e. The average Bonchev–Trinajstić information content (AvgIpc) is 3.47. The highest BCUT2D eigenvalue weighted by molar-refractivity contribution is 7.16. The normalized spacial score (nSPS) is 12.0. The van der Waals surface area contributed by atoms with Gasteiger partial charge in [-0.15, -0.1) is 11.3 Å². The Kier molecular flexibility index (Phi) is 7.55. The number of thiophene rings is 1. The zero-order chi connectivity index (χ0) is 24.9. The van der Waals surface area contributed by atoms with E-state index < -0.39 is 0 Å². The summed E-state index contributed by atoms with van der Waals surface area (Å²) in [5, 5.41) is 7.31. The maximum atomic E-state index is 13.5. The molecule has 0 fully saturated rings. The molecule has 2 N–H and O–H groups in total. The summed E-state index contributed by atoms with van der Waals surface area (Å²) < 4.78 is 27.2. The number of amides is 1. The highest BCUT2D eigenvalue weighted by Crippen LogP contribution is 2.41. The minimum atomic E-state index is -0.183. The zero-order valence-electron chi connectivity index (χ0n) is 20.6. The summed E-state index contributed by atoms with van der Waals surface area (Å²) in [6.07, 6.45) is 2.91. The van der Waals surface area contributed by atoms with Crippen molar-refractivity contribution >= 4 is 27.9 Å². The van der Waals surface area contributed by atoms with Gasteiger partial charge in [0.2, 0.25) is 0 Å². The number of rotatable bonds is 10. The van der Waals surface area contributed by atoms with Crippen molar-refractivity contribution in [3.8, 4) is 28.7 Å². The van der Waals surface area contributed by atoms with Crippen molar-refractivity contribution in [2.45, 2.75) is 25.8 Å². The van der Waals surface area contributed by atoms with Crippen molar-refractivity contribution in [3.05, 3.63) is 51.9 Å². The molecule has 4 rings (SSSR count). The number of ether oxygens (including phenoxy) is 5. The maximum Gasteiger partial charge on any atom is 0.259 e. The van der Waals surface area contributed by atoms with Gasteiger partial charge >= 0.3 is 0 Å². The van der Waals surface area contributed by atoms with E-state index in [1.807, 2.05) is 6.07 Å². The van der Waals surface area contributed by atoms with E-state index in [2.05, 4.69) is 10.6 Å². The van der Waals surface area contributed by atoms with Crippen molar-refractivity contribution in [2.75, 3.05) is 46.2 Å². The number of fused-ring (bicyclic) bond motifs is 1. The predicted molar refractivity (Wildman–Crippen MR) is 137 cm³/mol. The minimum absolute atomic E-state index is 0.183. The van der Waals surface area contributed by atoms with E-state index in [0.29, 0.717) is 46.5 Å². The second kappa shape index (κ2) is 10.8. The quantitative estimate of drug-likeness (QED) is 0.400. The summed E-state index contributed by atoms with van der Waals surface area (Å²) in [6.45, 7) is 0.450. The largest absolute Gasteiger partial charge is 0.497 e. The van der Waals surface area contributed by atoms with Gasteiger partial charge in [0.25, 0.3) is 5.91 Å². The Balaban J connectivity index is 1.63. The molecule has 1 aromatic heterocycles. The van der Waals surface area contributed by atoms with Gasteiger partial charge in [-0.2, -0.15) is 0 Å². The third-order valence-electron chi connectivity index (χ3n) is 6.03. The van der Waals surface area contributed by atoms with Gasteiger partial charge in [-0.3, -0.25) is 4.79 Å². The number of hydrogen-bond donors (Lipinski definition) is 2. The predicted octanol–water partition coefficient (Wildman–Crippen LogP) is 5.14. The van der Waals surface area contributed by atoms with Gasteiger partial charge in [0.15, 0.2) is 11.5 Å². The molecule has 0 spiro atoms. The SMILES string of the molecule is COc1ccc(OC)c(NC(=O)c2c(NCc3cc(OC)c(OC)cc3OC)sc3c2CCC3)c1. The van der Waals surface area contributed by atoms with E-state index in [1.165, 1.54) is 4.88 Å². The molecule has 0 atom stereocenters. The van der Waals surface area contributed by atoms with Crippen molar-refractivity contribution in [2.24, 2.45) is 0 Å². The molecule has 0 saturated heterocycles. The van der Waals surface area contributed by atoms with E-state index in [0.717, 1.165) is 35.4 Å². The van der Waals surface area contributed by atoms with E-state index in [4.69, 9.17) is 23.7 Å². The first kappa shape index (κ1) is 24.5. The first-order chi connectivity index (χ1) is 17.0. The molecule has 9 heteroatoms. The second-order valence-corrected chi connectivity index (χ2v) is 9.06. The Morgan fingerprint density at radius 1 is 0.857 bits per heavy atom. The van der Waals surface area contributed by atoms with Crippen LogP contribution in [0.1, 0.15) is 32.8 Å². The van der Waals surface area contributed by atoms with E-state index in [1.54, 1.807) is 71.2 Å². The molecule has 1 aliphatic rings. The summed E-state index contributed by atoms with van der Waals surface area (Å²) in [5.41, 5.74) is 3.23. The number of anilines is 2. The average molecular weight is 499 g/mol. The molecule has 2 aromatic carbocycles. The Morgan fingerprint density at radius 2 is 1.57 bits per heavy atom. The number of benzene rings is 2. The molecule has 8 nitrogen and oxygen atoms in total. The molecule has 1 heterocycles. The van der Waals surface area contributed by atoms with Crippen molar-refractivity contribution < 1.29 is 28.5 Å². The fraction of sp³-hybridized carbons (Fsp3) is 0.346. The summed E-state index contributed by atoms with van der Waals surface area (Å²) in [5.74, 6) is 2.90. The van der Waals surface area contributed by atoms with Crippen molar-refractivity contribution in [1.29, 1.82) is 0 Å². The van der Waals surface area contributed by atoms with Crippen molar-refractivity contribution in [3.63, 3.8) is 0 Å². The van der Waals surface area contributed by atoms with Gasteiger partial charge in [0, 0.05) is 29.1 Å².